The van der Waals surface area contributed by atoms with E-state index < -0.39 is 6.04 Å². The Labute approximate surface area is 226 Å². The van der Waals surface area contributed by atoms with Crippen molar-refractivity contribution in [3.8, 4) is 0 Å². The topological polar surface area (TPSA) is 49.4 Å². The van der Waals surface area contributed by atoms with Gasteiger partial charge in [-0.2, -0.15) is 0 Å². The van der Waals surface area contributed by atoms with Crippen LogP contribution in [0.5, 0.6) is 0 Å². The molecule has 0 aliphatic heterocycles. The van der Waals surface area contributed by atoms with Crippen LogP contribution >= 0.6 is 35.0 Å². The van der Waals surface area contributed by atoms with E-state index in [-0.39, 0.29) is 29.9 Å². The van der Waals surface area contributed by atoms with Gasteiger partial charge in [-0.3, -0.25) is 9.59 Å². The number of halogens is 3. The molecule has 4 nitrogen and oxygen atoms in total. The molecule has 0 spiro atoms. The number of hydrogen-bond donors (Lipinski definition) is 1. The maximum absolute atomic E-state index is 13.6. The van der Waals surface area contributed by atoms with E-state index in [4.69, 9.17) is 23.2 Å². The van der Waals surface area contributed by atoms with Crippen molar-refractivity contribution in [3.05, 3.63) is 105 Å². The molecule has 1 unspecified atom stereocenters. The molecule has 0 aliphatic rings. The molecule has 190 valence electrons. The fraction of sp³-hybridized carbons (Fsp3) is 0.286. The van der Waals surface area contributed by atoms with Crippen molar-refractivity contribution in [1.29, 1.82) is 0 Å². The predicted octanol–water partition coefficient (Wildman–Crippen LogP) is 6.53. The Kier molecular flexibility index (Phi) is 11.1. The number of carbonyl (C=O) groups excluding carboxylic acids is 2. The molecular formula is C28H29Cl2FN2O2S. The van der Waals surface area contributed by atoms with Crippen molar-refractivity contribution in [2.24, 2.45) is 0 Å². The van der Waals surface area contributed by atoms with Crippen LogP contribution in [0.25, 0.3) is 0 Å². The van der Waals surface area contributed by atoms with Crippen LogP contribution in [0.4, 0.5) is 4.39 Å². The van der Waals surface area contributed by atoms with Crippen molar-refractivity contribution < 1.29 is 14.0 Å². The summed E-state index contributed by atoms with van der Waals surface area (Å²) in [7, 11) is 0. The molecule has 0 heterocycles. The highest BCUT2D eigenvalue weighted by Crippen LogP contribution is 2.28. The molecule has 0 fully saturated rings. The summed E-state index contributed by atoms with van der Waals surface area (Å²) < 4.78 is 13.2. The maximum atomic E-state index is 13.6. The van der Waals surface area contributed by atoms with E-state index in [9.17, 15) is 14.0 Å². The average molecular weight is 548 g/mol. The van der Waals surface area contributed by atoms with Gasteiger partial charge < -0.3 is 10.2 Å². The van der Waals surface area contributed by atoms with Gasteiger partial charge in [0.05, 0.1) is 5.75 Å². The first kappa shape index (κ1) is 28.0. The SMILES string of the molecule is CCCNC(=O)C(Cc1ccccc1)N(Cc1c(Cl)cccc1Cl)C(=O)CSCc1ccc(F)cc1. The molecule has 2 amide bonds. The summed E-state index contributed by atoms with van der Waals surface area (Å²) in [5.74, 6) is -0.0416. The number of nitrogens with one attached hydrogen (secondary N) is 1. The van der Waals surface area contributed by atoms with Crippen molar-refractivity contribution in [2.75, 3.05) is 12.3 Å². The van der Waals surface area contributed by atoms with Gasteiger partial charge in [0.25, 0.3) is 0 Å². The Hall–Kier alpha value is -2.54. The van der Waals surface area contributed by atoms with Gasteiger partial charge in [0.15, 0.2) is 0 Å². The third-order valence-corrected chi connectivity index (χ3v) is 7.31. The van der Waals surface area contributed by atoms with Gasteiger partial charge in [-0.1, -0.05) is 78.7 Å². The highest BCUT2D eigenvalue weighted by atomic mass is 35.5. The minimum absolute atomic E-state index is 0.103. The number of thioether (sulfide) groups is 1. The third kappa shape index (κ3) is 8.26. The quantitative estimate of drug-likeness (QED) is 0.281. The Morgan fingerprint density at radius 2 is 1.61 bits per heavy atom. The number of benzene rings is 3. The maximum Gasteiger partial charge on any atom is 0.243 e. The first-order valence-electron chi connectivity index (χ1n) is 11.7. The first-order chi connectivity index (χ1) is 17.4. The lowest BCUT2D eigenvalue weighted by molar-refractivity contribution is -0.139. The Morgan fingerprint density at radius 1 is 0.944 bits per heavy atom. The van der Waals surface area contributed by atoms with Crippen LogP contribution in [0.2, 0.25) is 10.0 Å². The molecular weight excluding hydrogens is 518 g/mol. The van der Waals surface area contributed by atoms with E-state index in [0.29, 0.717) is 34.3 Å². The normalized spacial score (nSPS) is 11.7. The van der Waals surface area contributed by atoms with E-state index in [1.165, 1.54) is 23.9 Å². The fourth-order valence-corrected chi connectivity index (χ4v) is 5.08. The summed E-state index contributed by atoms with van der Waals surface area (Å²) in [5, 5.41) is 3.82. The molecule has 1 N–H and O–H groups in total. The summed E-state index contributed by atoms with van der Waals surface area (Å²) in [6, 6.07) is 20.2. The molecule has 0 saturated heterocycles. The Morgan fingerprint density at radius 3 is 2.25 bits per heavy atom. The highest BCUT2D eigenvalue weighted by molar-refractivity contribution is 7.99. The lowest BCUT2D eigenvalue weighted by Crippen LogP contribution is -2.51. The second-order valence-corrected chi connectivity index (χ2v) is 10.1. The van der Waals surface area contributed by atoms with Crippen LogP contribution in [0, 0.1) is 5.82 Å². The van der Waals surface area contributed by atoms with Crippen LogP contribution in [0.3, 0.4) is 0 Å². The van der Waals surface area contributed by atoms with E-state index in [2.05, 4.69) is 5.32 Å². The largest absolute Gasteiger partial charge is 0.354 e. The summed E-state index contributed by atoms with van der Waals surface area (Å²) in [6.45, 7) is 2.59. The van der Waals surface area contributed by atoms with Gasteiger partial charge in [-0.05, 0) is 41.8 Å². The summed E-state index contributed by atoms with van der Waals surface area (Å²) in [6.07, 6.45) is 1.13. The minimum Gasteiger partial charge on any atom is -0.354 e. The van der Waals surface area contributed by atoms with Crippen LogP contribution in [0.15, 0.2) is 72.8 Å². The van der Waals surface area contributed by atoms with Gasteiger partial charge in [-0.25, -0.2) is 4.39 Å². The molecule has 0 saturated carbocycles. The minimum atomic E-state index is -0.745. The lowest BCUT2D eigenvalue weighted by Gasteiger charge is -2.32. The Bertz CT molecular complexity index is 1130. The van der Waals surface area contributed by atoms with E-state index in [0.717, 1.165) is 17.5 Å². The third-order valence-electron chi connectivity index (χ3n) is 5.62. The van der Waals surface area contributed by atoms with Crippen LogP contribution < -0.4 is 5.32 Å². The zero-order valence-electron chi connectivity index (χ0n) is 20.1. The molecule has 8 heteroatoms. The molecule has 3 aromatic rings. The molecule has 0 bridgehead atoms. The molecule has 0 aliphatic carbocycles. The molecule has 3 rings (SSSR count). The molecule has 3 aromatic carbocycles. The molecule has 0 radical (unpaired) electrons. The van der Waals surface area contributed by atoms with Crippen molar-refractivity contribution in [3.63, 3.8) is 0 Å². The monoisotopic (exact) mass is 546 g/mol. The van der Waals surface area contributed by atoms with E-state index >= 15 is 0 Å². The van der Waals surface area contributed by atoms with Gasteiger partial charge >= 0.3 is 0 Å². The standard InChI is InChI=1S/C28H29Cl2FN2O2S/c1-2-15-32-28(35)26(16-20-7-4-3-5-8-20)33(17-23-24(29)9-6-10-25(23)30)27(34)19-36-18-21-11-13-22(31)14-12-21/h3-14,26H,2,15-19H2,1H3,(H,32,35). The fourth-order valence-electron chi connectivity index (χ4n) is 3.69. The molecule has 36 heavy (non-hydrogen) atoms. The van der Waals surface area contributed by atoms with Gasteiger partial charge in [-0.15, -0.1) is 11.8 Å². The summed E-state index contributed by atoms with van der Waals surface area (Å²) >= 11 is 14.3. The number of carbonyl (C=O) groups is 2. The van der Waals surface area contributed by atoms with Crippen molar-refractivity contribution in [1.82, 2.24) is 10.2 Å². The van der Waals surface area contributed by atoms with Crippen LogP contribution in [-0.4, -0.2) is 35.1 Å². The Balaban J connectivity index is 1.87. The van der Waals surface area contributed by atoms with Crippen molar-refractivity contribution in [2.45, 2.75) is 38.1 Å². The van der Waals surface area contributed by atoms with Crippen LogP contribution in [-0.2, 0) is 28.3 Å². The van der Waals surface area contributed by atoms with E-state index in [1.54, 1.807) is 35.2 Å². The molecule has 0 aromatic heterocycles. The highest BCUT2D eigenvalue weighted by Gasteiger charge is 2.31. The van der Waals surface area contributed by atoms with Gasteiger partial charge in [0.1, 0.15) is 11.9 Å². The predicted molar refractivity (Wildman–Crippen MR) is 147 cm³/mol. The van der Waals surface area contributed by atoms with E-state index in [1.807, 2.05) is 37.3 Å². The number of amides is 2. The van der Waals surface area contributed by atoms with Gasteiger partial charge in [0.2, 0.25) is 11.8 Å². The summed E-state index contributed by atoms with van der Waals surface area (Å²) in [5.41, 5.74) is 2.45. The van der Waals surface area contributed by atoms with Crippen molar-refractivity contribution >= 4 is 46.8 Å². The number of nitrogens with zero attached hydrogens (tertiary/aromatic N) is 1. The summed E-state index contributed by atoms with van der Waals surface area (Å²) in [4.78, 5) is 28.5. The second kappa shape index (κ2) is 14.3. The average Bonchev–Trinajstić information content (AvgIpc) is 2.88. The van der Waals surface area contributed by atoms with Gasteiger partial charge in [0, 0.05) is 40.9 Å². The second-order valence-electron chi connectivity index (χ2n) is 8.34. The lowest BCUT2D eigenvalue weighted by atomic mass is 10.0. The number of hydrogen-bond acceptors (Lipinski definition) is 3. The van der Waals surface area contributed by atoms with Crippen LogP contribution in [0.1, 0.15) is 30.0 Å². The zero-order chi connectivity index (χ0) is 25.9. The molecule has 1 atom stereocenters. The smallest absolute Gasteiger partial charge is 0.243 e. The first-order valence-corrected chi connectivity index (χ1v) is 13.7. The number of rotatable bonds is 12. The zero-order valence-corrected chi connectivity index (χ0v) is 22.4.